The molecule has 2 heterocycles. The summed E-state index contributed by atoms with van der Waals surface area (Å²) < 4.78 is 27.8. The van der Waals surface area contributed by atoms with Gasteiger partial charge < -0.3 is 5.73 Å². The molecule has 5 N–H and O–H groups in total. The number of benzene rings is 2. The van der Waals surface area contributed by atoms with Gasteiger partial charge in [0.15, 0.2) is 5.82 Å². The Hall–Kier alpha value is -3.33. The molecule has 4 rings (SSSR count). The van der Waals surface area contributed by atoms with Gasteiger partial charge in [-0.05, 0) is 49.2 Å². The first kappa shape index (κ1) is 17.1. The number of aromatic amines is 2. The molecule has 0 fully saturated rings. The Kier molecular flexibility index (Phi) is 3.88. The predicted molar refractivity (Wildman–Crippen MR) is 105 cm³/mol. The van der Waals surface area contributed by atoms with Crippen molar-refractivity contribution in [1.82, 2.24) is 20.4 Å². The molecule has 0 amide bonds. The second-order valence-corrected chi connectivity index (χ2v) is 7.93. The zero-order valence-corrected chi connectivity index (χ0v) is 15.6. The van der Waals surface area contributed by atoms with Crippen LogP contribution in [0.1, 0.15) is 11.4 Å². The van der Waals surface area contributed by atoms with E-state index in [0.29, 0.717) is 22.9 Å². The van der Waals surface area contributed by atoms with Gasteiger partial charge in [-0.1, -0.05) is 18.2 Å². The number of rotatable bonds is 4. The number of aryl methyl sites for hydroxylation is 2. The van der Waals surface area contributed by atoms with E-state index in [-0.39, 0.29) is 4.90 Å². The van der Waals surface area contributed by atoms with E-state index < -0.39 is 10.0 Å². The van der Waals surface area contributed by atoms with Crippen LogP contribution in [0.25, 0.3) is 22.0 Å². The molecule has 4 aromatic rings. The van der Waals surface area contributed by atoms with E-state index in [1.54, 1.807) is 26.0 Å². The first-order valence-corrected chi connectivity index (χ1v) is 9.72. The fraction of sp³-hybridized carbons (Fsp3) is 0.111. The molecule has 138 valence electrons. The van der Waals surface area contributed by atoms with Crippen molar-refractivity contribution < 1.29 is 8.42 Å². The third-order valence-corrected chi connectivity index (χ3v) is 6.04. The highest BCUT2D eigenvalue weighted by atomic mass is 32.2. The molecule has 0 aliphatic rings. The van der Waals surface area contributed by atoms with Crippen LogP contribution in [0.2, 0.25) is 0 Å². The lowest BCUT2D eigenvalue weighted by Gasteiger charge is -2.09. The maximum atomic E-state index is 12.6. The topological polar surface area (TPSA) is 130 Å². The predicted octanol–water partition coefficient (Wildman–Crippen LogP) is 2.95. The van der Waals surface area contributed by atoms with Crippen molar-refractivity contribution in [1.29, 1.82) is 0 Å². The van der Waals surface area contributed by atoms with Crippen LogP contribution in [0.15, 0.2) is 47.4 Å². The number of fused-ring (bicyclic) bond motifs is 1. The summed E-state index contributed by atoms with van der Waals surface area (Å²) in [5, 5.41) is 14.4. The number of aromatic nitrogens is 4. The third kappa shape index (κ3) is 3.02. The van der Waals surface area contributed by atoms with Crippen LogP contribution < -0.4 is 10.5 Å². The quantitative estimate of drug-likeness (QED) is 0.431. The van der Waals surface area contributed by atoms with Gasteiger partial charge in [0.05, 0.1) is 16.9 Å². The molecule has 2 aromatic carbocycles. The van der Waals surface area contributed by atoms with Gasteiger partial charge in [0.25, 0.3) is 10.0 Å². The molecular formula is C18H18N6O2S. The molecule has 0 atom stereocenters. The number of nitrogen functional groups attached to an aromatic ring is 1. The first-order chi connectivity index (χ1) is 12.8. The van der Waals surface area contributed by atoms with Gasteiger partial charge >= 0.3 is 0 Å². The summed E-state index contributed by atoms with van der Waals surface area (Å²) in [6, 6.07) is 13.0. The minimum absolute atomic E-state index is 0.175. The van der Waals surface area contributed by atoms with Gasteiger partial charge in [-0.3, -0.25) is 14.9 Å². The zero-order chi connectivity index (χ0) is 19.2. The van der Waals surface area contributed by atoms with Gasteiger partial charge in [-0.25, -0.2) is 8.42 Å². The lowest BCUT2D eigenvalue weighted by atomic mass is 10.0. The van der Waals surface area contributed by atoms with Gasteiger partial charge in [-0.2, -0.15) is 10.2 Å². The summed E-state index contributed by atoms with van der Waals surface area (Å²) in [5.41, 5.74) is 9.98. The van der Waals surface area contributed by atoms with Crippen LogP contribution in [0, 0.1) is 13.8 Å². The molecular weight excluding hydrogens is 364 g/mol. The summed E-state index contributed by atoms with van der Waals surface area (Å²) in [6.45, 7) is 3.33. The fourth-order valence-electron chi connectivity index (χ4n) is 3.09. The molecule has 2 aromatic heterocycles. The lowest BCUT2D eigenvalue weighted by molar-refractivity contribution is 0.600. The molecule has 0 bridgehead atoms. The number of hydrogen-bond acceptors (Lipinski definition) is 5. The molecule has 0 saturated heterocycles. The van der Waals surface area contributed by atoms with E-state index in [2.05, 4.69) is 25.1 Å². The van der Waals surface area contributed by atoms with Crippen LogP contribution in [-0.2, 0) is 10.0 Å². The maximum absolute atomic E-state index is 12.6. The summed E-state index contributed by atoms with van der Waals surface area (Å²) >= 11 is 0. The summed E-state index contributed by atoms with van der Waals surface area (Å²) in [4.78, 5) is 0.175. The summed E-state index contributed by atoms with van der Waals surface area (Å²) in [5.74, 6) is 0.464. The third-order valence-electron chi connectivity index (χ3n) is 4.39. The molecule has 0 spiro atoms. The van der Waals surface area contributed by atoms with E-state index in [9.17, 15) is 8.42 Å². The Morgan fingerprint density at radius 1 is 0.963 bits per heavy atom. The average Bonchev–Trinajstić information content (AvgIpc) is 3.17. The minimum atomic E-state index is -3.71. The number of nitrogens with zero attached hydrogens (tertiary/aromatic N) is 2. The lowest BCUT2D eigenvalue weighted by Crippen LogP contribution is -2.14. The molecule has 8 nitrogen and oxygen atoms in total. The largest absolute Gasteiger partial charge is 0.382 e. The Balaban J connectivity index is 1.62. The minimum Gasteiger partial charge on any atom is -0.382 e. The van der Waals surface area contributed by atoms with Crippen LogP contribution in [0.5, 0.6) is 0 Å². The number of nitrogens with two attached hydrogens (primary N) is 1. The molecule has 0 aliphatic carbocycles. The number of sulfonamides is 1. The van der Waals surface area contributed by atoms with Gasteiger partial charge in [0.2, 0.25) is 0 Å². The van der Waals surface area contributed by atoms with Crippen LogP contribution >= 0.6 is 0 Å². The Bertz CT molecular complexity index is 1220. The van der Waals surface area contributed by atoms with Crippen LogP contribution in [0.4, 0.5) is 11.5 Å². The molecule has 9 heteroatoms. The van der Waals surface area contributed by atoms with Crippen molar-refractivity contribution in [3.05, 3.63) is 53.9 Å². The first-order valence-electron chi connectivity index (χ1n) is 8.23. The molecule has 27 heavy (non-hydrogen) atoms. The number of hydrogen-bond donors (Lipinski definition) is 4. The molecule has 0 saturated carbocycles. The SMILES string of the molecule is Cc1n[nH]c(C)c1S(=O)(=O)Nc1ccc(-c2ccc3c(N)n[nH]c3c2)cc1. The van der Waals surface area contributed by atoms with Crippen molar-refractivity contribution in [3.63, 3.8) is 0 Å². The Morgan fingerprint density at radius 2 is 1.67 bits per heavy atom. The van der Waals surface area contributed by atoms with E-state index in [0.717, 1.165) is 22.0 Å². The highest BCUT2D eigenvalue weighted by molar-refractivity contribution is 7.92. The van der Waals surface area contributed by atoms with Crippen molar-refractivity contribution in [2.75, 3.05) is 10.5 Å². The molecule has 0 unspecified atom stereocenters. The van der Waals surface area contributed by atoms with Crippen molar-refractivity contribution in [2.45, 2.75) is 18.7 Å². The van der Waals surface area contributed by atoms with Crippen LogP contribution in [0.3, 0.4) is 0 Å². The molecule has 0 aliphatic heterocycles. The smallest absolute Gasteiger partial charge is 0.265 e. The van der Waals surface area contributed by atoms with E-state index >= 15 is 0 Å². The highest BCUT2D eigenvalue weighted by Crippen LogP contribution is 2.27. The monoisotopic (exact) mass is 382 g/mol. The highest BCUT2D eigenvalue weighted by Gasteiger charge is 2.22. The normalized spacial score (nSPS) is 11.8. The number of anilines is 2. The fourth-order valence-corrected chi connectivity index (χ4v) is 4.53. The Morgan fingerprint density at radius 3 is 2.33 bits per heavy atom. The zero-order valence-electron chi connectivity index (χ0n) is 14.7. The molecule has 0 radical (unpaired) electrons. The number of nitrogens with one attached hydrogen (secondary N) is 3. The summed E-state index contributed by atoms with van der Waals surface area (Å²) in [6.07, 6.45) is 0. The van der Waals surface area contributed by atoms with E-state index in [1.807, 2.05) is 30.3 Å². The van der Waals surface area contributed by atoms with Crippen LogP contribution in [-0.4, -0.2) is 28.8 Å². The van der Waals surface area contributed by atoms with Gasteiger partial charge in [-0.15, -0.1) is 0 Å². The van der Waals surface area contributed by atoms with E-state index in [1.165, 1.54) is 0 Å². The number of H-pyrrole nitrogens is 2. The van der Waals surface area contributed by atoms with Crippen molar-refractivity contribution in [2.24, 2.45) is 0 Å². The summed E-state index contributed by atoms with van der Waals surface area (Å²) in [7, 11) is -3.71. The average molecular weight is 382 g/mol. The Labute approximate surface area is 155 Å². The standard InChI is InChI=1S/C18H18N6O2S/c1-10-17(11(2)21-20-10)27(25,26)24-14-6-3-12(4-7-14)13-5-8-15-16(9-13)22-23-18(15)19/h3-9,24H,1-2H3,(H,20,21)(H3,19,22,23). The second-order valence-electron chi connectivity index (χ2n) is 6.32. The van der Waals surface area contributed by atoms with Gasteiger partial charge in [0.1, 0.15) is 4.90 Å². The maximum Gasteiger partial charge on any atom is 0.265 e. The van der Waals surface area contributed by atoms with Gasteiger partial charge in [0, 0.05) is 11.1 Å². The van der Waals surface area contributed by atoms with E-state index in [4.69, 9.17) is 5.73 Å². The van der Waals surface area contributed by atoms with Crippen molar-refractivity contribution >= 4 is 32.4 Å². The van der Waals surface area contributed by atoms with Crippen molar-refractivity contribution in [3.8, 4) is 11.1 Å². The second kappa shape index (κ2) is 6.13.